The van der Waals surface area contributed by atoms with Crippen LogP contribution >= 0.6 is 11.3 Å². The molecular formula is C18H23N5S. The van der Waals surface area contributed by atoms with Crippen molar-refractivity contribution in [2.75, 3.05) is 23.3 Å². The summed E-state index contributed by atoms with van der Waals surface area (Å²) in [5, 5.41) is 9.19. The summed E-state index contributed by atoms with van der Waals surface area (Å²) in [5.41, 5.74) is 2.44. The monoisotopic (exact) mass is 341 g/mol. The first kappa shape index (κ1) is 15.4. The molecule has 0 bridgehead atoms. The molecule has 4 rings (SSSR count). The predicted octanol–water partition coefficient (Wildman–Crippen LogP) is 3.78. The lowest BCUT2D eigenvalue weighted by atomic mass is 9.93. The quantitative estimate of drug-likeness (QED) is 0.787. The fourth-order valence-corrected chi connectivity index (χ4v) is 3.90. The van der Waals surface area contributed by atoms with Crippen molar-refractivity contribution in [2.45, 2.75) is 38.6 Å². The van der Waals surface area contributed by atoms with Crippen molar-refractivity contribution in [3.05, 3.63) is 42.2 Å². The molecule has 5 nitrogen and oxygen atoms in total. The largest absolute Gasteiger partial charge is 0.369 e. The van der Waals surface area contributed by atoms with E-state index in [0.717, 1.165) is 35.3 Å². The zero-order chi connectivity index (χ0) is 16.7. The third-order valence-electron chi connectivity index (χ3n) is 4.45. The van der Waals surface area contributed by atoms with Gasteiger partial charge in [-0.2, -0.15) is 0 Å². The van der Waals surface area contributed by atoms with Crippen LogP contribution in [-0.2, 0) is 5.41 Å². The highest BCUT2D eigenvalue weighted by molar-refractivity contribution is 7.20. The van der Waals surface area contributed by atoms with Crippen LogP contribution in [0.1, 0.15) is 32.9 Å². The minimum Gasteiger partial charge on any atom is -0.369 e. The van der Waals surface area contributed by atoms with Crippen molar-refractivity contribution in [1.82, 2.24) is 14.6 Å². The summed E-state index contributed by atoms with van der Waals surface area (Å²) in [4.78, 5) is 8.09. The van der Waals surface area contributed by atoms with Crippen LogP contribution in [0, 0.1) is 0 Å². The zero-order valence-corrected chi connectivity index (χ0v) is 15.2. The van der Waals surface area contributed by atoms with Crippen molar-refractivity contribution in [1.29, 1.82) is 0 Å². The zero-order valence-electron chi connectivity index (χ0n) is 14.4. The number of para-hydroxylation sites is 1. The van der Waals surface area contributed by atoms with E-state index in [1.807, 2.05) is 10.7 Å². The lowest BCUT2D eigenvalue weighted by Crippen LogP contribution is -2.25. The number of hydrogen-bond acceptors (Lipinski definition) is 5. The van der Waals surface area contributed by atoms with Gasteiger partial charge in [-0.15, -0.1) is 5.10 Å². The van der Waals surface area contributed by atoms with E-state index in [4.69, 9.17) is 4.98 Å². The van der Waals surface area contributed by atoms with Gasteiger partial charge in [0.25, 0.3) is 0 Å². The Labute approximate surface area is 146 Å². The van der Waals surface area contributed by atoms with Crippen LogP contribution in [0.5, 0.6) is 0 Å². The van der Waals surface area contributed by atoms with Gasteiger partial charge in [0.15, 0.2) is 0 Å². The number of imidazole rings is 1. The molecule has 3 aromatic rings. The number of nitrogens with zero attached hydrogens (tertiary/aromatic N) is 4. The average molecular weight is 341 g/mol. The summed E-state index contributed by atoms with van der Waals surface area (Å²) in [7, 11) is 0. The maximum atomic E-state index is 4.71. The van der Waals surface area contributed by atoms with Gasteiger partial charge in [-0.25, -0.2) is 9.50 Å². The number of aromatic nitrogens is 3. The van der Waals surface area contributed by atoms with Crippen molar-refractivity contribution in [2.24, 2.45) is 0 Å². The second-order valence-electron chi connectivity index (χ2n) is 7.42. The molecule has 3 heterocycles. The summed E-state index contributed by atoms with van der Waals surface area (Å²) < 4.78 is 1.90. The summed E-state index contributed by atoms with van der Waals surface area (Å²) >= 11 is 1.63. The minimum atomic E-state index is 0.0582. The molecule has 24 heavy (non-hydrogen) atoms. The summed E-state index contributed by atoms with van der Waals surface area (Å²) in [6.45, 7) is 8.62. The fourth-order valence-electron chi connectivity index (χ4n) is 3.05. The lowest BCUT2D eigenvalue weighted by molar-refractivity contribution is 0.572. The van der Waals surface area contributed by atoms with E-state index in [1.165, 1.54) is 5.69 Å². The van der Waals surface area contributed by atoms with E-state index in [-0.39, 0.29) is 5.41 Å². The van der Waals surface area contributed by atoms with Crippen LogP contribution in [0.25, 0.3) is 4.96 Å². The number of anilines is 2. The van der Waals surface area contributed by atoms with Gasteiger partial charge >= 0.3 is 0 Å². The normalized spacial score (nSPS) is 18.5. The average Bonchev–Trinajstić information content (AvgIpc) is 3.22. The van der Waals surface area contributed by atoms with Crippen molar-refractivity contribution >= 4 is 27.1 Å². The molecule has 1 N–H and O–H groups in total. The second-order valence-corrected chi connectivity index (χ2v) is 8.38. The first-order chi connectivity index (χ1) is 11.5. The molecule has 1 aliphatic rings. The molecule has 1 aromatic carbocycles. The molecular weight excluding hydrogens is 318 g/mol. The summed E-state index contributed by atoms with van der Waals surface area (Å²) in [5.74, 6) is 0. The van der Waals surface area contributed by atoms with Crippen molar-refractivity contribution in [3.63, 3.8) is 0 Å². The standard InChI is InChI=1S/C18H23N5S/c1-18(2,3)15-12-23-17(20-15)24-16(21-23)19-13-9-10-22(11-13)14-7-5-4-6-8-14/h4-8,12-13H,9-11H2,1-3H3,(H,19,21). The number of fused-ring (bicyclic) bond motifs is 1. The van der Waals surface area contributed by atoms with Crippen LogP contribution in [0.3, 0.4) is 0 Å². The molecule has 0 amide bonds. The first-order valence-corrected chi connectivity index (χ1v) is 9.24. The maximum absolute atomic E-state index is 4.71. The number of benzene rings is 1. The third-order valence-corrected chi connectivity index (χ3v) is 5.30. The van der Waals surface area contributed by atoms with E-state index in [9.17, 15) is 0 Å². The highest BCUT2D eigenvalue weighted by Gasteiger charge is 2.24. The Morgan fingerprint density at radius 3 is 2.71 bits per heavy atom. The van der Waals surface area contributed by atoms with Gasteiger partial charge in [0.2, 0.25) is 10.1 Å². The van der Waals surface area contributed by atoms with Gasteiger partial charge in [-0.1, -0.05) is 50.3 Å². The molecule has 0 spiro atoms. The maximum Gasteiger partial charge on any atom is 0.214 e. The molecule has 1 fully saturated rings. The smallest absolute Gasteiger partial charge is 0.214 e. The SMILES string of the molecule is CC(C)(C)c1cn2nc(NC3CCN(c4ccccc4)C3)sc2n1. The van der Waals surface area contributed by atoms with Gasteiger partial charge in [-0.3, -0.25) is 0 Å². The molecule has 2 aromatic heterocycles. The molecule has 1 unspecified atom stereocenters. The van der Waals surface area contributed by atoms with Gasteiger partial charge in [0.05, 0.1) is 11.9 Å². The second kappa shape index (κ2) is 5.77. The predicted molar refractivity (Wildman–Crippen MR) is 100 cm³/mol. The Morgan fingerprint density at radius 1 is 1.21 bits per heavy atom. The molecule has 0 radical (unpaired) electrons. The van der Waals surface area contributed by atoms with E-state index >= 15 is 0 Å². The van der Waals surface area contributed by atoms with Gasteiger partial charge in [-0.05, 0) is 18.6 Å². The molecule has 6 heteroatoms. The van der Waals surface area contributed by atoms with Crippen LogP contribution in [0.15, 0.2) is 36.5 Å². The number of nitrogens with one attached hydrogen (secondary N) is 1. The highest BCUT2D eigenvalue weighted by atomic mass is 32.1. The lowest BCUT2D eigenvalue weighted by Gasteiger charge is -2.18. The van der Waals surface area contributed by atoms with E-state index in [2.05, 4.69) is 66.4 Å². The Hall–Kier alpha value is -2.08. The molecule has 1 saturated heterocycles. The van der Waals surface area contributed by atoms with Crippen molar-refractivity contribution in [3.8, 4) is 0 Å². The number of hydrogen-bond donors (Lipinski definition) is 1. The minimum absolute atomic E-state index is 0.0582. The van der Waals surface area contributed by atoms with Crippen LogP contribution in [0.4, 0.5) is 10.8 Å². The van der Waals surface area contributed by atoms with Crippen molar-refractivity contribution < 1.29 is 0 Å². The van der Waals surface area contributed by atoms with E-state index in [1.54, 1.807) is 11.3 Å². The van der Waals surface area contributed by atoms with Crippen LogP contribution in [0.2, 0.25) is 0 Å². The Balaban J connectivity index is 1.44. The Kier molecular flexibility index (Phi) is 3.72. The number of rotatable bonds is 3. The fraction of sp³-hybridized carbons (Fsp3) is 0.444. The first-order valence-electron chi connectivity index (χ1n) is 8.42. The molecule has 1 atom stereocenters. The van der Waals surface area contributed by atoms with Gasteiger partial charge in [0.1, 0.15) is 0 Å². The Bertz CT molecular complexity index is 799. The molecule has 0 saturated carbocycles. The molecule has 0 aliphatic carbocycles. The van der Waals surface area contributed by atoms with Gasteiger partial charge in [0, 0.05) is 30.2 Å². The van der Waals surface area contributed by atoms with E-state index in [0.29, 0.717) is 6.04 Å². The topological polar surface area (TPSA) is 45.5 Å². The van der Waals surface area contributed by atoms with Crippen LogP contribution in [-0.4, -0.2) is 33.7 Å². The Morgan fingerprint density at radius 2 is 2.00 bits per heavy atom. The molecule has 126 valence electrons. The third kappa shape index (κ3) is 2.98. The molecule has 1 aliphatic heterocycles. The van der Waals surface area contributed by atoms with E-state index < -0.39 is 0 Å². The highest BCUT2D eigenvalue weighted by Crippen LogP contribution is 2.27. The summed E-state index contributed by atoms with van der Waals surface area (Å²) in [6, 6.07) is 11.0. The van der Waals surface area contributed by atoms with Crippen LogP contribution < -0.4 is 10.2 Å². The summed E-state index contributed by atoms with van der Waals surface area (Å²) in [6.07, 6.45) is 3.17. The van der Waals surface area contributed by atoms with Gasteiger partial charge < -0.3 is 10.2 Å².